The molecule has 1 aromatic carbocycles. The molecule has 2 rings (SSSR count). The molecule has 0 fully saturated rings. The number of pyridine rings is 1. The minimum atomic E-state index is 0.423. The van der Waals surface area contributed by atoms with Gasteiger partial charge in [-0.25, -0.2) is 4.98 Å². The number of hydrogen-bond donors (Lipinski definition) is 1. The summed E-state index contributed by atoms with van der Waals surface area (Å²) in [4.78, 5) is 6.09. The smallest absolute Gasteiger partial charge is 0.140 e. The van der Waals surface area contributed by atoms with Crippen molar-refractivity contribution >= 4 is 11.4 Å². The molecule has 1 aromatic heterocycles. The third-order valence-corrected chi connectivity index (χ3v) is 2.77. The van der Waals surface area contributed by atoms with Gasteiger partial charge in [0.05, 0.1) is 11.9 Å². The van der Waals surface area contributed by atoms with Crippen LogP contribution in [-0.2, 0) is 6.54 Å². The number of aromatic nitrogens is 1. The fourth-order valence-corrected chi connectivity index (χ4v) is 1.70. The molecular weight excluding hydrogens is 224 g/mol. The summed E-state index contributed by atoms with van der Waals surface area (Å²) in [6, 6.07) is 13.4. The highest BCUT2D eigenvalue weighted by molar-refractivity contribution is 5.51. The summed E-state index contributed by atoms with van der Waals surface area (Å²) >= 11 is 0. The van der Waals surface area contributed by atoms with Crippen LogP contribution in [0.4, 0.5) is 11.4 Å². The van der Waals surface area contributed by atoms with Gasteiger partial charge in [0.15, 0.2) is 0 Å². The Labute approximate surface area is 106 Å². The van der Waals surface area contributed by atoms with E-state index < -0.39 is 0 Å². The van der Waals surface area contributed by atoms with E-state index in [-0.39, 0.29) is 0 Å². The number of nitriles is 1. The zero-order chi connectivity index (χ0) is 13.0. The van der Waals surface area contributed by atoms with Crippen molar-refractivity contribution in [2.24, 2.45) is 0 Å². The SMILES string of the molecule is CN(Cc1ccccc1N)c1ccc(C#N)nc1. The third kappa shape index (κ3) is 2.58. The van der Waals surface area contributed by atoms with Crippen LogP contribution in [0.15, 0.2) is 42.6 Å². The quantitative estimate of drug-likeness (QED) is 0.832. The Morgan fingerprint density at radius 2 is 2.06 bits per heavy atom. The van der Waals surface area contributed by atoms with Crippen LogP contribution >= 0.6 is 0 Å². The van der Waals surface area contributed by atoms with Crippen LogP contribution in [0.5, 0.6) is 0 Å². The lowest BCUT2D eigenvalue weighted by atomic mass is 10.1. The van der Waals surface area contributed by atoms with Crippen LogP contribution < -0.4 is 10.6 Å². The number of nitrogens with two attached hydrogens (primary N) is 1. The Kier molecular flexibility index (Phi) is 3.44. The Balaban J connectivity index is 2.15. The molecule has 0 amide bonds. The second kappa shape index (κ2) is 5.19. The van der Waals surface area contributed by atoms with E-state index in [2.05, 4.69) is 4.98 Å². The van der Waals surface area contributed by atoms with Crippen molar-refractivity contribution in [2.45, 2.75) is 6.54 Å². The van der Waals surface area contributed by atoms with Crippen LogP contribution in [0.3, 0.4) is 0 Å². The summed E-state index contributed by atoms with van der Waals surface area (Å²) in [6.07, 6.45) is 1.69. The number of para-hydroxylation sites is 1. The summed E-state index contributed by atoms with van der Waals surface area (Å²) in [5, 5.41) is 8.70. The summed E-state index contributed by atoms with van der Waals surface area (Å²) in [7, 11) is 1.97. The van der Waals surface area contributed by atoms with Crippen LogP contribution in [0.25, 0.3) is 0 Å². The number of nitrogen functional groups attached to an aromatic ring is 1. The Bertz CT molecular complexity index is 569. The van der Waals surface area contributed by atoms with Gasteiger partial charge in [0.1, 0.15) is 11.8 Å². The molecular formula is C14H14N4. The maximum absolute atomic E-state index is 8.70. The molecule has 0 saturated carbocycles. The number of nitrogens with zero attached hydrogens (tertiary/aromatic N) is 3. The van der Waals surface area contributed by atoms with Crippen molar-refractivity contribution in [3.63, 3.8) is 0 Å². The van der Waals surface area contributed by atoms with Gasteiger partial charge in [-0.2, -0.15) is 5.26 Å². The molecule has 90 valence electrons. The highest BCUT2D eigenvalue weighted by Crippen LogP contribution is 2.17. The number of benzene rings is 1. The zero-order valence-electron chi connectivity index (χ0n) is 10.2. The summed E-state index contributed by atoms with van der Waals surface area (Å²) in [5.41, 5.74) is 9.14. The average molecular weight is 238 g/mol. The molecule has 0 aliphatic carbocycles. The molecule has 4 heteroatoms. The molecule has 0 atom stereocenters. The van der Waals surface area contributed by atoms with Gasteiger partial charge in [-0.3, -0.25) is 0 Å². The zero-order valence-corrected chi connectivity index (χ0v) is 10.2. The second-order valence-corrected chi connectivity index (χ2v) is 4.07. The van der Waals surface area contributed by atoms with E-state index in [1.165, 1.54) is 0 Å². The van der Waals surface area contributed by atoms with Crippen molar-refractivity contribution in [2.75, 3.05) is 17.7 Å². The highest BCUT2D eigenvalue weighted by Gasteiger charge is 2.05. The lowest BCUT2D eigenvalue weighted by Gasteiger charge is -2.19. The summed E-state index contributed by atoms with van der Waals surface area (Å²) in [5.74, 6) is 0. The van der Waals surface area contributed by atoms with Crippen LogP contribution in [0.2, 0.25) is 0 Å². The van der Waals surface area contributed by atoms with Crippen molar-refractivity contribution in [1.29, 1.82) is 5.26 Å². The maximum Gasteiger partial charge on any atom is 0.140 e. The van der Waals surface area contributed by atoms with Crippen molar-refractivity contribution in [3.8, 4) is 6.07 Å². The number of anilines is 2. The molecule has 1 heterocycles. The van der Waals surface area contributed by atoms with Crippen LogP contribution in [0.1, 0.15) is 11.3 Å². The van der Waals surface area contributed by atoms with E-state index in [4.69, 9.17) is 11.0 Å². The first-order valence-corrected chi connectivity index (χ1v) is 5.61. The molecule has 18 heavy (non-hydrogen) atoms. The lowest BCUT2D eigenvalue weighted by molar-refractivity contribution is 0.919. The van der Waals surface area contributed by atoms with Gasteiger partial charge >= 0.3 is 0 Å². The van der Waals surface area contributed by atoms with E-state index in [1.54, 1.807) is 12.3 Å². The molecule has 0 bridgehead atoms. The Hall–Kier alpha value is -2.54. The summed E-state index contributed by atoms with van der Waals surface area (Å²) < 4.78 is 0. The van der Waals surface area contributed by atoms with Gasteiger partial charge in [-0.15, -0.1) is 0 Å². The molecule has 2 N–H and O–H groups in total. The van der Waals surface area contributed by atoms with E-state index >= 15 is 0 Å². The second-order valence-electron chi connectivity index (χ2n) is 4.07. The lowest BCUT2D eigenvalue weighted by Crippen LogP contribution is -2.17. The third-order valence-electron chi connectivity index (χ3n) is 2.77. The Morgan fingerprint density at radius 3 is 2.67 bits per heavy atom. The van der Waals surface area contributed by atoms with Crippen LogP contribution in [-0.4, -0.2) is 12.0 Å². The van der Waals surface area contributed by atoms with Gasteiger partial charge in [0, 0.05) is 19.3 Å². The predicted molar refractivity (Wildman–Crippen MR) is 71.9 cm³/mol. The van der Waals surface area contributed by atoms with Gasteiger partial charge in [-0.05, 0) is 23.8 Å². The molecule has 0 aliphatic heterocycles. The number of hydrogen-bond acceptors (Lipinski definition) is 4. The molecule has 0 aliphatic rings. The minimum absolute atomic E-state index is 0.423. The van der Waals surface area contributed by atoms with E-state index in [1.807, 2.05) is 48.3 Å². The van der Waals surface area contributed by atoms with Crippen molar-refractivity contribution < 1.29 is 0 Å². The monoisotopic (exact) mass is 238 g/mol. The molecule has 0 radical (unpaired) electrons. The summed E-state index contributed by atoms with van der Waals surface area (Å²) in [6.45, 7) is 0.709. The normalized spacial score (nSPS) is 9.78. The highest BCUT2D eigenvalue weighted by atomic mass is 15.1. The topological polar surface area (TPSA) is 65.9 Å². The fraction of sp³-hybridized carbons (Fsp3) is 0.143. The van der Waals surface area contributed by atoms with E-state index in [9.17, 15) is 0 Å². The van der Waals surface area contributed by atoms with Gasteiger partial charge < -0.3 is 10.6 Å². The Morgan fingerprint density at radius 1 is 1.28 bits per heavy atom. The fourth-order valence-electron chi connectivity index (χ4n) is 1.70. The van der Waals surface area contributed by atoms with Gasteiger partial charge in [0.25, 0.3) is 0 Å². The van der Waals surface area contributed by atoms with E-state index in [0.29, 0.717) is 12.2 Å². The van der Waals surface area contributed by atoms with Crippen LogP contribution in [0, 0.1) is 11.3 Å². The molecule has 4 nitrogen and oxygen atoms in total. The van der Waals surface area contributed by atoms with Gasteiger partial charge in [-0.1, -0.05) is 18.2 Å². The first-order chi connectivity index (χ1) is 8.70. The van der Waals surface area contributed by atoms with Gasteiger partial charge in [0.2, 0.25) is 0 Å². The largest absolute Gasteiger partial charge is 0.398 e. The van der Waals surface area contributed by atoms with Crippen molar-refractivity contribution in [1.82, 2.24) is 4.98 Å². The maximum atomic E-state index is 8.70. The average Bonchev–Trinajstić information content (AvgIpc) is 2.41. The first-order valence-electron chi connectivity index (χ1n) is 5.61. The minimum Gasteiger partial charge on any atom is -0.398 e. The predicted octanol–water partition coefficient (Wildman–Crippen LogP) is 2.17. The standard InChI is InChI=1S/C14H14N4/c1-18(10-11-4-2-3-5-14(11)16)13-7-6-12(8-15)17-9-13/h2-7,9H,10,16H2,1H3. The molecule has 0 saturated heterocycles. The number of rotatable bonds is 3. The molecule has 0 spiro atoms. The molecule has 2 aromatic rings. The first kappa shape index (κ1) is 11.9. The van der Waals surface area contributed by atoms with Crippen molar-refractivity contribution in [3.05, 3.63) is 53.9 Å². The molecule has 0 unspecified atom stereocenters. The van der Waals surface area contributed by atoms with E-state index in [0.717, 1.165) is 16.9 Å².